The van der Waals surface area contributed by atoms with E-state index in [2.05, 4.69) is 11.3 Å². The van der Waals surface area contributed by atoms with Gasteiger partial charge in [0.15, 0.2) is 5.60 Å². The largest absolute Gasteiger partial charge is 0.508 e. The highest BCUT2D eigenvalue weighted by Gasteiger charge is 2.61. The fourth-order valence-corrected chi connectivity index (χ4v) is 3.97. The predicted molar refractivity (Wildman–Crippen MR) is 118 cm³/mol. The van der Waals surface area contributed by atoms with E-state index in [1.54, 1.807) is 58.0 Å². The summed E-state index contributed by atoms with van der Waals surface area (Å²) in [5, 5.41) is 0. The van der Waals surface area contributed by atoms with Gasteiger partial charge in [-0.1, -0.05) is 24.8 Å². The number of ether oxygens (including phenoxy) is 4. The van der Waals surface area contributed by atoms with Crippen LogP contribution >= 0.6 is 0 Å². The second-order valence-corrected chi connectivity index (χ2v) is 8.89. The molecule has 0 aromatic heterocycles. The number of amides is 1. The van der Waals surface area contributed by atoms with Crippen molar-refractivity contribution in [3.8, 4) is 0 Å². The maximum Gasteiger partial charge on any atom is 0.508 e. The van der Waals surface area contributed by atoms with Crippen molar-refractivity contribution in [2.24, 2.45) is 5.92 Å². The van der Waals surface area contributed by atoms with Crippen LogP contribution in [0, 0.1) is 5.92 Å². The zero-order valence-electron chi connectivity index (χ0n) is 19.9. The lowest BCUT2D eigenvalue weighted by molar-refractivity contribution is -0.159. The minimum absolute atomic E-state index is 0.224. The number of rotatable bonds is 6. The van der Waals surface area contributed by atoms with Crippen LogP contribution in [-0.4, -0.2) is 66.9 Å². The second kappa shape index (κ2) is 10.1. The number of hydrogen-bond donors (Lipinski definition) is 0. The highest BCUT2D eigenvalue weighted by Crippen LogP contribution is 2.44. The molecule has 1 aliphatic rings. The fraction of sp³-hybridized carbons (Fsp3) is 0.500. The Bertz CT molecular complexity index is 920. The van der Waals surface area contributed by atoms with E-state index in [0.29, 0.717) is 11.1 Å². The van der Waals surface area contributed by atoms with E-state index in [4.69, 9.17) is 14.2 Å². The molecule has 1 aromatic rings. The number of methoxy groups -OCH3 is 2. The van der Waals surface area contributed by atoms with Crippen molar-refractivity contribution in [2.45, 2.75) is 51.4 Å². The summed E-state index contributed by atoms with van der Waals surface area (Å²) in [5.41, 5.74) is -1.73. The summed E-state index contributed by atoms with van der Waals surface area (Å²) >= 11 is 0. The van der Waals surface area contributed by atoms with Crippen molar-refractivity contribution in [1.82, 2.24) is 4.90 Å². The quantitative estimate of drug-likeness (QED) is 0.361. The minimum atomic E-state index is -1.59. The number of hydrogen-bond acceptors (Lipinski definition) is 8. The number of likely N-dealkylation sites (tertiary alicyclic amines) is 1. The first kappa shape index (κ1) is 25.9. The molecule has 2 rings (SSSR count). The van der Waals surface area contributed by atoms with Gasteiger partial charge < -0.3 is 23.8 Å². The summed E-state index contributed by atoms with van der Waals surface area (Å²) in [6.07, 6.45) is -1.37. The molecule has 1 aromatic carbocycles. The molecule has 180 valence electrons. The van der Waals surface area contributed by atoms with Crippen LogP contribution in [0.15, 0.2) is 42.5 Å². The Morgan fingerprint density at radius 1 is 1.09 bits per heavy atom. The van der Waals surface area contributed by atoms with E-state index in [9.17, 15) is 19.2 Å². The molecule has 0 spiro atoms. The highest BCUT2D eigenvalue weighted by atomic mass is 16.7. The van der Waals surface area contributed by atoms with Gasteiger partial charge in [0.25, 0.3) is 5.91 Å². The van der Waals surface area contributed by atoms with Crippen molar-refractivity contribution in [3.05, 3.63) is 48.0 Å². The van der Waals surface area contributed by atoms with Gasteiger partial charge in [0.2, 0.25) is 0 Å². The zero-order valence-corrected chi connectivity index (χ0v) is 19.9. The standard InChI is InChI=1S/C24H31NO8/c1-15(2)24(33-22(29)31-7)14-25(20(27)16-11-9-8-10-12-16)19(21(28)30-6)17(24)13-18(26)32-23(3,4)5/h8-12,17,19H,1,13-14H2,2-7H3/t17-,19+,24?/m1/s1. The Balaban J connectivity index is 2.62. The number of esters is 2. The first-order valence-electron chi connectivity index (χ1n) is 10.4. The lowest BCUT2D eigenvalue weighted by Gasteiger charge is -2.34. The monoisotopic (exact) mass is 461 g/mol. The van der Waals surface area contributed by atoms with Crippen molar-refractivity contribution in [2.75, 3.05) is 20.8 Å². The molecule has 3 atom stereocenters. The normalized spacial score (nSPS) is 22.3. The van der Waals surface area contributed by atoms with Crippen LogP contribution in [0.2, 0.25) is 0 Å². The summed E-state index contributed by atoms with van der Waals surface area (Å²) < 4.78 is 20.7. The van der Waals surface area contributed by atoms with Gasteiger partial charge in [-0.3, -0.25) is 9.59 Å². The molecule has 9 heteroatoms. The van der Waals surface area contributed by atoms with Gasteiger partial charge in [-0.2, -0.15) is 0 Å². The van der Waals surface area contributed by atoms with Gasteiger partial charge in [0.05, 0.1) is 27.2 Å². The van der Waals surface area contributed by atoms with Crippen LogP contribution in [0.1, 0.15) is 44.5 Å². The molecule has 0 saturated carbocycles. The fourth-order valence-electron chi connectivity index (χ4n) is 3.97. The molecule has 1 saturated heterocycles. The first-order valence-corrected chi connectivity index (χ1v) is 10.4. The van der Waals surface area contributed by atoms with Crippen molar-refractivity contribution < 1.29 is 38.1 Å². The molecule has 0 radical (unpaired) electrons. The van der Waals surface area contributed by atoms with Crippen LogP contribution in [0.4, 0.5) is 4.79 Å². The smallest absolute Gasteiger partial charge is 0.467 e. The zero-order chi connectivity index (χ0) is 25.0. The van der Waals surface area contributed by atoms with Crippen LogP contribution in [0.25, 0.3) is 0 Å². The third-order valence-corrected chi connectivity index (χ3v) is 5.41. The first-order chi connectivity index (χ1) is 15.4. The Labute approximate surface area is 193 Å². The summed E-state index contributed by atoms with van der Waals surface area (Å²) in [6, 6.07) is 7.08. The molecule has 1 fully saturated rings. The van der Waals surface area contributed by atoms with Crippen molar-refractivity contribution >= 4 is 24.0 Å². The lowest BCUT2D eigenvalue weighted by atomic mass is 9.79. The Hall–Kier alpha value is -3.36. The van der Waals surface area contributed by atoms with Crippen LogP contribution in [-0.2, 0) is 28.5 Å². The predicted octanol–water partition coefficient (Wildman–Crippen LogP) is 3.13. The summed E-state index contributed by atoms with van der Waals surface area (Å²) in [7, 11) is 2.32. The Kier molecular flexibility index (Phi) is 7.89. The topological polar surface area (TPSA) is 108 Å². The molecule has 1 heterocycles. The Morgan fingerprint density at radius 2 is 1.70 bits per heavy atom. The molecular weight excluding hydrogens is 430 g/mol. The number of benzene rings is 1. The molecule has 9 nitrogen and oxygen atoms in total. The number of carbonyl (C=O) groups is 4. The van der Waals surface area contributed by atoms with Crippen LogP contribution < -0.4 is 0 Å². The van der Waals surface area contributed by atoms with Gasteiger partial charge in [0, 0.05) is 11.5 Å². The van der Waals surface area contributed by atoms with E-state index in [-0.39, 0.29) is 13.0 Å². The molecule has 0 N–H and O–H groups in total. The van der Waals surface area contributed by atoms with Gasteiger partial charge in [-0.15, -0.1) is 0 Å². The van der Waals surface area contributed by atoms with Crippen LogP contribution in [0.5, 0.6) is 0 Å². The average Bonchev–Trinajstić information content (AvgIpc) is 3.06. The van der Waals surface area contributed by atoms with Gasteiger partial charge in [0.1, 0.15) is 11.6 Å². The average molecular weight is 462 g/mol. The van der Waals surface area contributed by atoms with Crippen molar-refractivity contribution in [1.29, 1.82) is 0 Å². The number of nitrogens with zero attached hydrogens (tertiary/aromatic N) is 1. The Morgan fingerprint density at radius 3 is 2.18 bits per heavy atom. The summed E-state index contributed by atoms with van der Waals surface area (Å²) in [6.45, 7) is 10.4. The SMILES string of the molecule is C=C(C)C1(OC(=O)OC)CN(C(=O)c2ccccc2)[C@H](C(=O)OC)[C@H]1CC(=O)OC(C)(C)C. The van der Waals surface area contributed by atoms with Gasteiger partial charge >= 0.3 is 18.1 Å². The van der Waals surface area contributed by atoms with E-state index >= 15 is 0 Å². The second-order valence-electron chi connectivity index (χ2n) is 8.89. The van der Waals surface area contributed by atoms with E-state index in [1.165, 1.54) is 12.0 Å². The molecule has 1 amide bonds. The van der Waals surface area contributed by atoms with Crippen molar-refractivity contribution in [3.63, 3.8) is 0 Å². The molecule has 33 heavy (non-hydrogen) atoms. The number of carbonyl (C=O) groups excluding carboxylic acids is 4. The maximum atomic E-state index is 13.4. The molecule has 0 aliphatic carbocycles. The van der Waals surface area contributed by atoms with Gasteiger partial charge in [-0.25, -0.2) is 9.59 Å². The third kappa shape index (κ3) is 5.71. The third-order valence-electron chi connectivity index (χ3n) is 5.41. The molecule has 1 unspecified atom stereocenters. The molecule has 1 aliphatic heterocycles. The summed E-state index contributed by atoms with van der Waals surface area (Å²) in [4.78, 5) is 52.6. The van der Waals surface area contributed by atoms with E-state index in [1.807, 2.05) is 0 Å². The lowest BCUT2D eigenvalue weighted by Crippen LogP contribution is -2.47. The van der Waals surface area contributed by atoms with E-state index < -0.39 is 47.2 Å². The minimum Gasteiger partial charge on any atom is -0.467 e. The maximum absolute atomic E-state index is 13.4. The van der Waals surface area contributed by atoms with Gasteiger partial charge in [-0.05, 0) is 45.4 Å². The van der Waals surface area contributed by atoms with E-state index in [0.717, 1.165) is 7.11 Å². The summed E-state index contributed by atoms with van der Waals surface area (Å²) in [5.74, 6) is -2.90. The van der Waals surface area contributed by atoms with Crippen LogP contribution in [0.3, 0.4) is 0 Å². The highest BCUT2D eigenvalue weighted by molar-refractivity contribution is 5.98. The molecule has 0 bridgehead atoms. The molecular formula is C24H31NO8.